The fourth-order valence-electron chi connectivity index (χ4n) is 1.61. The topological polar surface area (TPSA) is 113 Å². The van der Waals surface area contributed by atoms with Crippen LogP contribution < -0.4 is 11.1 Å². The molecule has 1 aromatic rings. The highest BCUT2D eigenvalue weighted by atomic mass is 16.4. The molecule has 1 rings (SSSR count). The zero-order chi connectivity index (χ0) is 14.3. The molecule has 1 amide bonds. The van der Waals surface area contributed by atoms with Crippen LogP contribution in [0.4, 0.5) is 0 Å². The number of aliphatic carboxylic acids is 1. The quantitative estimate of drug-likeness (QED) is 0.532. The Kier molecular flexibility index (Phi) is 5.98. The standard InChI is InChI=1S/C13H18N2O4/c14-7-6-11(16)12(17)15-10(13(18)19)8-9-4-2-1-3-5-9/h1-5,10-11,16H,6-8,14H2,(H,15,17)(H,18,19)/t10-,11-/m0/s1. The molecule has 0 aliphatic carbocycles. The van der Waals surface area contributed by atoms with Crippen molar-refractivity contribution in [3.63, 3.8) is 0 Å². The first kappa shape index (κ1) is 15.1. The maximum absolute atomic E-state index is 11.6. The first-order valence-corrected chi connectivity index (χ1v) is 6.00. The summed E-state index contributed by atoms with van der Waals surface area (Å²) >= 11 is 0. The van der Waals surface area contributed by atoms with E-state index in [-0.39, 0.29) is 19.4 Å². The minimum atomic E-state index is -1.28. The van der Waals surface area contributed by atoms with Crippen molar-refractivity contribution in [2.45, 2.75) is 25.0 Å². The lowest BCUT2D eigenvalue weighted by Gasteiger charge is -2.17. The summed E-state index contributed by atoms with van der Waals surface area (Å²) in [5.74, 6) is -1.86. The Hall–Kier alpha value is -1.92. The number of carbonyl (C=O) groups is 2. The molecule has 0 aliphatic rings. The van der Waals surface area contributed by atoms with Crippen LogP contribution in [0.15, 0.2) is 30.3 Å². The van der Waals surface area contributed by atoms with Gasteiger partial charge in [0.05, 0.1) is 0 Å². The van der Waals surface area contributed by atoms with Crippen LogP contribution in [-0.4, -0.2) is 40.8 Å². The molecule has 0 aliphatic heterocycles. The second kappa shape index (κ2) is 7.50. The second-order valence-corrected chi connectivity index (χ2v) is 4.18. The third kappa shape index (κ3) is 5.07. The van der Waals surface area contributed by atoms with Gasteiger partial charge in [-0.15, -0.1) is 0 Å². The predicted octanol–water partition coefficient (Wildman–Crippen LogP) is -0.492. The molecule has 2 atom stereocenters. The maximum Gasteiger partial charge on any atom is 0.326 e. The minimum Gasteiger partial charge on any atom is -0.480 e. The summed E-state index contributed by atoms with van der Waals surface area (Å²) in [6, 6.07) is 7.89. The van der Waals surface area contributed by atoms with Gasteiger partial charge >= 0.3 is 5.97 Å². The number of aliphatic hydroxyl groups excluding tert-OH is 1. The molecule has 19 heavy (non-hydrogen) atoms. The van der Waals surface area contributed by atoms with Crippen molar-refractivity contribution in [2.24, 2.45) is 5.73 Å². The Morgan fingerprint density at radius 2 is 1.89 bits per heavy atom. The highest BCUT2D eigenvalue weighted by molar-refractivity contribution is 5.86. The number of rotatable bonds is 7. The fourth-order valence-corrected chi connectivity index (χ4v) is 1.61. The number of carboxylic acid groups (broad SMARTS) is 1. The summed E-state index contributed by atoms with van der Waals surface area (Å²) in [4.78, 5) is 22.7. The van der Waals surface area contributed by atoms with Gasteiger partial charge < -0.3 is 21.3 Å². The van der Waals surface area contributed by atoms with Crippen LogP contribution >= 0.6 is 0 Å². The highest BCUT2D eigenvalue weighted by Gasteiger charge is 2.23. The molecular formula is C13H18N2O4. The summed E-state index contributed by atoms with van der Waals surface area (Å²) in [5.41, 5.74) is 6.02. The molecule has 0 saturated heterocycles. The molecule has 6 nitrogen and oxygen atoms in total. The van der Waals surface area contributed by atoms with E-state index in [0.29, 0.717) is 0 Å². The van der Waals surface area contributed by atoms with Gasteiger partial charge in [-0.1, -0.05) is 30.3 Å². The van der Waals surface area contributed by atoms with Gasteiger partial charge in [-0.05, 0) is 18.5 Å². The van der Waals surface area contributed by atoms with E-state index in [0.717, 1.165) is 5.56 Å². The van der Waals surface area contributed by atoms with Gasteiger partial charge in [0.25, 0.3) is 0 Å². The van der Waals surface area contributed by atoms with E-state index in [4.69, 9.17) is 10.8 Å². The Bertz CT molecular complexity index is 422. The largest absolute Gasteiger partial charge is 0.480 e. The number of amides is 1. The van der Waals surface area contributed by atoms with Crippen LogP contribution in [0.1, 0.15) is 12.0 Å². The Balaban J connectivity index is 2.64. The van der Waals surface area contributed by atoms with Crippen LogP contribution in [0.5, 0.6) is 0 Å². The third-order valence-corrected chi connectivity index (χ3v) is 2.64. The van der Waals surface area contributed by atoms with Crippen molar-refractivity contribution in [1.29, 1.82) is 0 Å². The lowest BCUT2D eigenvalue weighted by Crippen LogP contribution is -2.47. The molecule has 0 fully saturated rings. The molecule has 0 radical (unpaired) electrons. The number of nitrogens with one attached hydrogen (secondary N) is 1. The highest BCUT2D eigenvalue weighted by Crippen LogP contribution is 2.04. The van der Waals surface area contributed by atoms with Crippen LogP contribution in [0, 0.1) is 0 Å². The summed E-state index contributed by atoms with van der Waals surface area (Å²) < 4.78 is 0. The number of aliphatic hydroxyl groups is 1. The first-order valence-electron chi connectivity index (χ1n) is 6.00. The third-order valence-electron chi connectivity index (χ3n) is 2.64. The molecule has 104 valence electrons. The summed E-state index contributed by atoms with van der Waals surface area (Å²) in [6.07, 6.45) is -1.01. The molecule has 0 bridgehead atoms. The van der Waals surface area contributed by atoms with Gasteiger partial charge in [-0.2, -0.15) is 0 Å². The lowest BCUT2D eigenvalue weighted by molar-refractivity contribution is -0.143. The van der Waals surface area contributed by atoms with E-state index < -0.39 is 24.0 Å². The van der Waals surface area contributed by atoms with Gasteiger partial charge in [0.2, 0.25) is 5.91 Å². The zero-order valence-electron chi connectivity index (χ0n) is 10.5. The monoisotopic (exact) mass is 266 g/mol. The van der Waals surface area contributed by atoms with E-state index in [1.165, 1.54) is 0 Å². The number of hydrogen-bond acceptors (Lipinski definition) is 4. The van der Waals surface area contributed by atoms with Crippen molar-refractivity contribution >= 4 is 11.9 Å². The van der Waals surface area contributed by atoms with E-state index in [9.17, 15) is 14.7 Å². The molecular weight excluding hydrogens is 248 g/mol. The first-order chi connectivity index (χ1) is 9.04. The van der Waals surface area contributed by atoms with Gasteiger partial charge in [0.1, 0.15) is 12.1 Å². The molecule has 0 aromatic heterocycles. The lowest BCUT2D eigenvalue weighted by atomic mass is 10.1. The van der Waals surface area contributed by atoms with E-state index in [1.54, 1.807) is 24.3 Å². The summed E-state index contributed by atoms with van der Waals surface area (Å²) in [7, 11) is 0. The normalized spacial score (nSPS) is 13.6. The van der Waals surface area contributed by atoms with Crippen molar-refractivity contribution < 1.29 is 19.8 Å². The van der Waals surface area contributed by atoms with Crippen LogP contribution in [-0.2, 0) is 16.0 Å². The Labute approximate surface area is 111 Å². The van der Waals surface area contributed by atoms with Crippen LogP contribution in [0.2, 0.25) is 0 Å². The number of benzene rings is 1. The maximum atomic E-state index is 11.6. The molecule has 0 unspecified atom stereocenters. The molecule has 0 heterocycles. The summed E-state index contributed by atoms with van der Waals surface area (Å²) in [5, 5.41) is 20.8. The Morgan fingerprint density at radius 1 is 1.26 bits per heavy atom. The number of carboxylic acids is 1. The van der Waals surface area contributed by atoms with Crippen LogP contribution in [0.3, 0.4) is 0 Å². The number of nitrogens with two attached hydrogens (primary N) is 1. The van der Waals surface area contributed by atoms with Crippen molar-refractivity contribution in [2.75, 3.05) is 6.54 Å². The summed E-state index contributed by atoms with van der Waals surface area (Å²) in [6.45, 7) is 0.158. The second-order valence-electron chi connectivity index (χ2n) is 4.18. The van der Waals surface area contributed by atoms with E-state index in [2.05, 4.69) is 5.32 Å². The van der Waals surface area contributed by atoms with E-state index in [1.807, 2.05) is 6.07 Å². The van der Waals surface area contributed by atoms with Crippen molar-refractivity contribution in [1.82, 2.24) is 5.32 Å². The predicted molar refractivity (Wildman–Crippen MR) is 69.4 cm³/mol. The smallest absolute Gasteiger partial charge is 0.326 e. The SMILES string of the molecule is NCC[C@H](O)C(=O)N[C@@H](Cc1ccccc1)C(=O)O. The van der Waals surface area contributed by atoms with Crippen LogP contribution in [0.25, 0.3) is 0 Å². The average molecular weight is 266 g/mol. The number of carbonyl (C=O) groups excluding carboxylic acids is 1. The average Bonchev–Trinajstić information content (AvgIpc) is 2.39. The molecule has 1 aromatic carbocycles. The van der Waals surface area contributed by atoms with Crippen molar-refractivity contribution in [3.05, 3.63) is 35.9 Å². The van der Waals surface area contributed by atoms with E-state index >= 15 is 0 Å². The minimum absolute atomic E-state index is 0.101. The number of hydrogen-bond donors (Lipinski definition) is 4. The Morgan fingerprint density at radius 3 is 2.42 bits per heavy atom. The van der Waals surface area contributed by atoms with Gasteiger partial charge in [-0.25, -0.2) is 4.79 Å². The molecule has 6 heteroatoms. The zero-order valence-corrected chi connectivity index (χ0v) is 10.5. The molecule has 0 spiro atoms. The fraction of sp³-hybridized carbons (Fsp3) is 0.385. The molecule has 0 saturated carbocycles. The van der Waals surface area contributed by atoms with Gasteiger partial charge in [-0.3, -0.25) is 4.79 Å². The van der Waals surface area contributed by atoms with Gasteiger partial charge in [0.15, 0.2) is 0 Å². The molecule has 5 N–H and O–H groups in total. The van der Waals surface area contributed by atoms with Crippen molar-refractivity contribution in [3.8, 4) is 0 Å². The van der Waals surface area contributed by atoms with Gasteiger partial charge in [0, 0.05) is 6.42 Å².